The van der Waals surface area contributed by atoms with E-state index in [0.717, 1.165) is 4.68 Å². The standard InChI is InChI=1S/C27H23FN4O6/c1-3-22-19(4-5-23(28)26(22)38-21-10-17(13-29)9-18(11-21)14-30)12-20-8-16(2)27(36)32(31-20)15-37-25(35)7-6-24(33)34/h4-5,8-11H,3,6-7,12,15H2,1-2H3,(H,33,34). The minimum absolute atomic E-state index is 0.0543. The summed E-state index contributed by atoms with van der Waals surface area (Å²) in [6.45, 7) is 2.90. The zero-order valence-electron chi connectivity index (χ0n) is 20.7. The second-order valence-corrected chi connectivity index (χ2v) is 8.28. The number of hydrogen-bond donors (Lipinski definition) is 1. The van der Waals surface area contributed by atoms with Crippen molar-refractivity contribution in [3.63, 3.8) is 0 Å². The molecule has 0 saturated heterocycles. The van der Waals surface area contributed by atoms with Crippen LogP contribution in [0.4, 0.5) is 4.39 Å². The number of esters is 1. The van der Waals surface area contributed by atoms with Gasteiger partial charge in [0.1, 0.15) is 5.75 Å². The van der Waals surface area contributed by atoms with E-state index in [1.165, 1.54) is 24.3 Å². The fraction of sp³-hybridized carbons (Fsp3) is 0.259. The Bertz CT molecular complexity index is 1500. The number of nitriles is 2. The molecule has 0 atom stereocenters. The van der Waals surface area contributed by atoms with E-state index in [2.05, 4.69) is 5.10 Å². The third-order valence-electron chi connectivity index (χ3n) is 5.51. The highest BCUT2D eigenvalue weighted by Crippen LogP contribution is 2.33. The molecular formula is C27H23FN4O6. The lowest BCUT2D eigenvalue weighted by Crippen LogP contribution is -2.28. The lowest BCUT2D eigenvalue weighted by Gasteiger charge is -2.16. The molecule has 11 heteroatoms. The first-order valence-corrected chi connectivity index (χ1v) is 11.5. The van der Waals surface area contributed by atoms with Gasteiger partial charge < -0.3 is 14.6 Å². The van der Waals surface area contributed by atoms with Gasteiger partial charge in [-0.2, -0.15) is 20.3 Å². The van der Waals surface area contributed by atoms with Crippen LogP contribution in [0.5, 0.6) is 11.5 Å². The lowest BCUT2D eigenvalue weighted by atomic mass is 9.99. The van der Waals surface area contributed by atoms with Crippen LogP contribution in [0.1, 0.15) is 53.3 Å². The van der Waals surface area contributed by atoms with Crippen LogP contribution < -0.4 is 10.3 Å². The first-order chi connectivity index (χ1) is 18.1. The predicted octanol–water partition coefficient (Wildman–Crippen LogP) is 3.75. The van der Waals surface area contributed by atoms with Crippen molar-refractivity contribution in [2.75, 3.05) is 0 Å². The number of aromatic nitrogens is 2. The van der Waals surface area contributed by atoms with Crippen molar-refractivity contribution in [1.29, 1.82) is 10.5 Å². The molecule has 3 rings (SSSR count). The molecule has 0 aliphatic rings. The number of benzene rings is 2. The summed E-state index contributed by atoms with van der Waals surface area (Å²) in [6.07, 6.45) is -0.164. The van der Waals surface area contributed by atoms with Gasteiger partial charge in [-0.15, -0.1) is 0 Å². The molecule has 10 nitrogen and oxygen atoms in total. The number of carboxylic acid groups (broad SMARTS) is 1. The maximum atomic E-state index is 14.9. The maximum Gasteiger partial charge on any atom is 0.308 e. The fourth-order valence-corrected chi connectivity index (χ4v) is 3.74. The van der Waals surface area contributed by atoms with Crippen LogP contribution in [0.2, 0.25) is 0 Å². The average Bonchev–Trinajstić information content (AvgIpc) is 2.90. The summed E-state index contributed by atoms with van der Waals surface area (Å²) in [6, 6.07) is 12.5. The molecule has 0 fully saturated rings. The molecule has 2 aromatic carbocycles. The number of aryl methyl sites for hydroxylation is 1. The Hall–Kier alpha value is -5.03. The maximum absolute atomic E-state index is 14.9. The van der Waals surface area contributed by atoms with Gasteiger partial charge in [-0.05, 0) is 49.2 Å². The Labute approximate surface area is 217 Å². The molecule has 0 saturated carbocycles. The molecule has 194 valence electrons. The van der Waals surface area contributed by atoms with Gasteiger partial charge in [0, 0.05) is 17.5 Å². The van der Waals surface area contributed by atoms with Crippen LogP contribution in [-0.4, -0.2) is 26.8 Å². The quantitative estimate of drug-likeness (QED) is 0.395. The van der Waals surface area contributed by atoms with Crippen LogP contribution in [0.25, 0.3) is 0 Å². The number of nitrogens with zero attached hydrogens (tertiary/aromatic N) is 4. The van der Waals surface area contributed by atoms with Gasteiger partial charge in [-0.3, -0.25) is 14.4 Å². The van der Waals surface area contributed by atoms with Crippen molar-refractivity contribution in [1.82, 2.24) is 9.78 Å². The molecule has 1 aromatic heterocycles. The summed E-state index contributed by atoms with van der Waals surface area (Å²) < 4.78 is 26.6. The van der Waals surface area contributed by atoms with E-state index >= 15 is 0 Å². The lowest BCUT2D eigenvalue weighted by molar-refractivity contribution is -0.151. The summed E-state index contributed by atoms with van der Waals surface area (Å²) in [7, 11) is 0. The Kier molecular flexibility index (Phi) is 8.91. The molecule has 0 aliphatic carbocycles. The Balaban J connectivity index is 1.90. The molecule has 3 aromatic rings. The number of halogens is 1. The predicted molar refractivity (Wildman–Crippen MR) is 131 cm³/mol. The van der Waals surface area contributed by atoms with Gasteiger partial charge in [0.25, 0.3) is 5.56 Å². The van der Waals surface area contributed by atoms with E-state index in [-0.39, 0.29) is 35.5 Å². The molecule has 0 bridgehead atoms. The topological polar surface area (TPSA) is 155 Å². The number of hydrogen-bond acceptors (Lipinski definition) is 8. The van der Waals surface area contributed by atoms with Crippen LogP contribution in [0.3, 0.4) is 0 Å². The number of carbonyl (C=O) groups is 2. The van der Waals surface area contributed by atoms with Gasteiger partial charge in [-0.25, -0.2) is 4.39 Å². The van der Waals surface area contributed by atoms with Crippen LogP contribution in [0.15, 0.2) is 41.2 Å². The number of carbonyl (C=O) groups excluding carboxylic acids is 1. The molecule has 0 radical (unpaired) electrons. The van der Waals surface area contributed by atoms with Crippen LogP contribution >= 0.6 is 0 Å². The normalized spacial score (nSPS) is 10.3. The highest BCUT2D eigenvalue weighted by molar-refractivity contribution is 5.76. The zero-order chi connectivity index (χ0) is 27.8. The third kappa shape index (κ3) is 6.80. The molecular weight excluding hydrogens is 495 g/mol. The van der Waals surface area contributed by atoms with Crippen molar-refractivity contribution in [2.45, 2.75) is 46.3 Å². The second-order valence-electron chi connectivity index (χ2n) is 8.28. The van der Waals surface area contributed by atoms with Crippen molar-refractivity contribution in [2.24, 2.45) is 0 Å². The zero-order valence-corrected chi connectivity index (χ0v) is 20.7. The first-order valence-electron chi connectivity index (χ1n) is 11.5. The molecule has 0 amide bonds. The van der Waals surface area contributed by atoms with Gasteiger partial charge in [-0.1, -0.05) is 13.0 Å². The minimum atomic E-state index is -1.15. The molecule has 38 heavy (non-hydrogen) atoms. The van der Waals surface area contributed by atoms with Gasteiger partial charge in [0.05, 0.1) is 41.8 Å². The number of aliphatic carboxylic acids is 1. The highest BCUT2D eigenvalue weighted by atomic mass is 19.1. The molecule has 0 spiro atoms. The third-order valence-corrected chi connectivity index (χ3v) is 5.51. The van der Waals surface area contributed by atoms with Gasteiger partial charge in [0.15, 0.2) is 18.3 Å². The average molecular weight is 519 g/mol. The molecule has 1 heterocycles. The first kappa shape index (κ1) is 27.6. The second kappa shape index (κ2) is 12.3. The van der Waals surface area contributed by atoms with Crippen molar-refractivity contribution >= 4 is 11.9 Å². The number of carboxylic acids is 1. The van der Waals surface area contributed by atoms with E-state index in [9.17, 15) is 29.3 Å². The summed E-state index contributed by atoms with van der Waals surface area (Å²) in [4.78, 5) is 34.9. The summed E-state index contributed by atoms with van der Waals surface area (Å²) in [5.41, 5.74) is 1.88. The van der Waals surface area contributed by atoms with E-state index < -0.39 is 36.5 Å². The summed E-state index contributed by atoms with van der Waals surface area (Å²) >= 11 is 0. The Morgan fingerprint density at radius 3 is 2.39 bits per heavy atom. The molecule has 1 N–H and O–H groups in total. The van der Waals surface area contributed by atoms with Crippen molar-refractivity contribution < 1.29 is 28.6 Å². The monoisotopic (exact) mass is 518 g/mol. The van der Waals surface area contributed by atoms with E-state index in [4.69, 9.17) is 14.6 Å². The molecule has 0 aliphatic heterocycles. The smallest absolute Gasteiger partial charge is 0.308 e. The van der Waals surface area contributed by atoms with E-state index in [0.29, 0.717) is 28.8 Å². The number of ether oxygens (including phenoxy) is 2. The van der Waals surface area contributed by atoms with Crippen molar-refractivity contribution in [3.05, 3.63) is 86.1 Å². The van der Waals surface area contributed by atoms with Crippen LogP contribution in [0, 0.1) is 35.4 Å². The number of rotatable bonds is 10. The van der Waals surface area contributed by atoms with Crippen LogP contribution in [-0.2, 0) is 33.9 Å². The highest BCUT2D eigenvalue weighted by Gasteiger charge is 2.18. The summed E-state index contributed by atoms with van der Waals surface area (Å²) in [5.74, 6) is -2.47. The fourth-order valence-electron chi connectivity index (χ4n) is 3.74. The SMILES string of the molecule is CCc1c(Cc2cc(C)c(=O)n(COC(=O)CCC(=O)O)n2)ccc(F)c1Oc1cc(C#N)cc(C#N)c1. The van der Waals surface area contributed by atoms with Gasteiger partial charge in [0.2, 0.25) is 0 Å². The van der Waals surface area contributed by atoms with Gasteiger partial charge >= 0.3 is 11.9 Å². The summed E-state index contributed by atoms with van der Waals surface area (Å²) in [5, 5.41) is 31.4. The molecule has 0 unspecified atom stereocenters. The van der Waals surface area contributed by atoms with E-state index in [1.54, 1.807) is 19.1 Å². The van der Waals surface area contributed by atoms with Crippen molar-refractivity contribution in [3.8, 4) is 23.6 Å². The van der Waals surface area contributed by atoms with E-state index in [1.807, 2.05) is 19.1 Å². The Morgan fingerprint density at radius 2 is 1.79 bits per heavy atom. The Morgan fingerprint density at radius 1 is 1.11 bits per heavy atom. The minimum Gasteiger partial charge on any atom is -0.481 e. The largest absolute Gasteiger partial charge is 0.481 e.